The molecule has 0 fully saturated rings. The van der Waals surface area contributed by atoms with Crippen molar-refractivity contribution in [2.75, 3.05) is 0 Å². The molecule has 2 atom stereocenters. The summed E-state index contributed by atoms with van der Waals surface area (Å²) in [5.74, 6) is -0.547. The summed E-state index contributed by atoms with van der Waals surface area (Å²) in [6.07, 6.45) is -0.177. The lowest BCUT2D eigenvalue weighted by molar-refractivity contribution is -0.129. The largest absolute Gasteiger partial charge is 0.388 e. The minimum Gasteiger partial charge on any atom is -0.388 e. The van der Waals surface area contributed by atoms with Gasteiger partial charge >= 0.3 is 0 Å². The molecule has 0 bridgehead atoms. The van der Waals surface area contributed by atoms with E-state index < -0.39 is 12.0 Å². The highest BCUT2D eigenvalue weighted by Gasteiger charge is 2.25. The summed E-state index contributed by atoms with van der Waals surface area (Å²) < 4.78 is 0. The van der Waals surface area contributed by atoms with Gasteiger partial charge in [0.25, 0.3) is 0 Å². The molecule has 0 saturated carbocycles. The zero-order valence-corrected chi connectivity index (χ0v) is 12.2. The molecule has 0 aliphatic carbocycles. The highest BCUT2D eigenvalue weighted by Crippen LogP contribution is 2.24. The van der Waals surface area contributed by atoms with Crippen molar-refractivity contribution in [3.8, 4) is 0 Å². The Kier molecular flexibility index (Phi) is 5.52. The average molecular weight is 283 g/mol. The van der Waals surface area contributed by atoms with Crippen LogP contribution in [0.2, 0.25) is 0 Å². The number of rotatable bonds is 6. The monoisotopic (exact) mass is 283 g/mol. The quantitative estimate of drug-likeness (QED) is 0.856. The predicted molar refractivity (Wildman–Crippen MR) is 83.5 cm³/mol. The van der Waals surface area contributed by atoms with Gasteiger partial charge in [-0.1, -0.05) is 67.6 Å². The SMILES string of the molecule is CC[C@@H](C(=O)NCc1ccccc1)[C@@H](O)c1ccccc1. The molecule has 3 nitrogen and oxygen atoms in total. The summed E-state index contributed by atoms with van der Waals surface area (Å²) in [5.41, 5.74) is 1.83. The average Bonchev–Trinajstić information content (AvgIpc) is 2.55. The van der Waals surface area contributed by atoms with Gasteiger partial charge in [-0.25, -0.2) is 0 Å². The molecule has 2 aromatic carbocycles. The molecule has 1 amide bonds. The maximum absolute atomic E-state index is 12.3. The summed E-state index contributed by atoms with van der Waals surface area (Å²) in [7, 11) is 0. The van der Waals surface area contributed by atoms with E-state index in [4.69, 9.17) is 0 Å². The standard InChI is InChI=1S/C18H21NO2/c1-2-16(17(20)15-11-7-4-8-12-15)18(21)19-13-14-9-5-3-6-10-14/h3-12,16-17,20H,2,13H2,1H3,(H,19,21)/t16-,17+/m1/s1. The molecule has 0 aliphatic rings. The van der Waals surface area contributed by atoms with E-state index in [1.165, 1.54) is 0 Å². The molecule has 0 aliphatic heterocycles. The lowest BCUT2D eigenvalue weighted by Gasteiger charge is -2.21. The van der Waals surface area contributed by atoms with Crippen molar-refractivity contribution >= 4 is 5.91 Å². The first-order chi connectivity index (χ1) is 10.2. The molecule has 2 aromatic rings. The normalized spacial score (nSPS) is 13.4. The van der Waals surface area contributed by atoms with E-state index in [1.807, 2.05) is 67.6 Å². The van der Waals surface area contributed by atoms with E-state index in [0.717, 1.165) is 11.1 Å². The summed E-state index contributed by atoms with van der Waals surface area (Å²) in [6.45, 7) is 2.40. The highest BCUT2D eigenvalue weighted by atomic mass is 16.3. The Labute approximate surface area is 125 Å². The Hall–Kier alpha value is -2.13. The molecular formula is C18H21NO2. The highest BCUT2D eigenvalue weighted by molar-refractivity contribution is 5.79. The molecule has 0 unspecified atom stereocenters. The second-order valence-corrected chi connectivity index (χ2v) is 5.07. The van der Waals surface area contributed by atoms with Gasteiger partial charge in [0.2, 0.25) is 5.91 Å². The lowest BCUT2D eigenvalue weighted by atomic mass is 9.92. The molecule has 0 heterocycles. The molecular weight excluding hydrogens is 262 g/mol. The molecule has 2 rings (SSSR count). The van der Waals surface area contributed by atoms with Crippen LogP contribution in [0, 0.1) is 5.92 Å². The van der Waals surface area contributed by atoms with Crippen LogP contribution in [-0.4, -0.2) is 11.0 Å². The van der Waals surface area contributed by atoms with Crippen LogP contribution in [0.1, 0.15) is 30.6 Å². The van der Waals surface area contributed by atoms with Crippen molar-refractivity contribution < 1.29 is 9.90 Å². The fourth-order valence-electron chi connectivity index (χ4n) is 2.35. The Morgan fingerprint density at radius 1 is 1.05 bits per heavy atom. The molecule has 21 heavy (non-hydrogen) atoms. The van der Waals surface area contributed by atoms with Crippen LogP contribution in [0.3, 0.4) is 0 Å². The summed E-state index contributed by atoms with van der Waals surface area (Å²) in [5, 5.41) is 13.3. The van der Waals surface area contributed by atoms with Gasteiger partial charge in [0.15, 0.2) is 0 Å². The van der Waals surface area contributed by atoms with Crippen molar-refractivity contribution in [3.05, 3.63) is 71.8 Å². The Morgan fingerprint density at radius 2 is 1.62 bits per heavy atom. The number of nitrogens with one attached hydrogen (secondary N) is 1. The van der Waals surface area contributed by atoms with Crippen molar-refractivity contribution in [3.63, 3.8) is 0 Å². The number of carbonyl (C=O) groups is 1. The van der Waals surface area contributed by atoms with Gasteiger partial charge in [0, 0.05) is 6.54 Å². The number of hydrogen-bond acceptors (Lipinski definition) is 2. The van der Waals surface area contributed by atoms with Crippen LogP contribution in [0.5, 0.6) is 0 Å². The van der Waals surface area contributed by atoms with Gasteiger partial charge < -0.3 is 10.4 Å². The third-order valence-electron chi connectivity index (χ3n) is 3.61. The Morgan fingerprint density at radius 3 is 2.19 bits per heavy atom. The molecule has 3 heteroatoms. The number of amides is 1. The Balaban J connectivity index is 1.98. The zero-order valence-electron chi connectivity index (χ0n) is 12.2. The van der Waals surface area contributed by atoms with Crippen molar-refractivity contribution in [1.82, 2.24) is 5.32 Å². The molecule has 110 valence electrons. The first-order valence-corrected chi connectivity index (χ1v) is 7.27. The van der Waals surface area contributed by atoms with E-state index in [9.17, 15) is 9.90 Å². The van der Waals surface area contributed by atoms with Gasteiger partial charge in [0.05, 0.1) is 12.0 Å². The van der Waals surface area contributed by atoms with Gasteiger partial charge in [0.1, 0.15) is 0 Å². The zero-order chi connectivity index (χ0) is 15.1. The number of aliphatic hydroxyl groups is 1. The fraction of sp³-hybridized carbons (Fsp3) is 0.278. The van der Waals surface area contributed by atoms with Crippen LogP contribution in [0.4, 0.5) is 0 Å². The predicted octanol–water partition coefficient (Wildman–Crippen LogP) is 3.06. The second-order valence-electron chi connectivity index (χ2n) is 5.07. The maximum atomic E-state index is 12.3. The van der Waals surface area contributed by atoms with Crippen LogP contribution >= 0.6 is 0 Å². The third-order valence-corrected chi connectivity index (χ3v) is 3.61. The first kappa shape index (κ1) is 15.3. The van der Waals surface area contributed by atoms with Gasteiger partial charge in [-0.2, -0.15) is 0 Å². The molecule has 0 saturated heterocycles. The van der Waals surface area contributed by atoms with Gasteiger partial charge in [-0.15, -0.1) is 0 Å². The minimum atomic E-state index is -0.771. The molecule has 0 radical (unpaired) electrons. The third kappa shape index (κ3) is 4.17. The van der Waals surface area contributed by atoms with E-state index in [0.29, 0.717) is 13.0 Å². The van der Waals surface area contributed by atoms with E-state index in [2.05, 4.69) is 5.32 Å². The van der Waals surface area contributed by atoms with Crippen molar-refractivity contribution in [2.45, 2.75) is 26.0 Å². The van der Waals surface area contributed by atoms with Crippen molar-refractivity contribution in [1.29, 1.82) is 0 Å². The fourth-order valence-corrected chi connectivity index (χ4v) is 2.35. The van der Waals surface area contributed by atoms with Crippen LogP contribution in [0.25, 0.3) is 0 Å². The van der Waals surface area contributed by atoms with Gasteiger partial charge in [-0.3, -0.25) is 4.79 Å². The minimum absolute atomic E-state index is 0.113. The van der Waals surface area contributed by atoms with E-state index in [1.54, 1.807) is 0 Å². The summed E-state index contributed by atoms with van der Waals surface area (Å²) in [4.78, 5) is 12.3. The van der Waals surface area contributed by atoms with Crippen LogP contribution in [-0.2, 0) is 11.3 Å². The van der Waals surface area contributed by atoms with Crippen LogP contribution < -0.4 is 5.32 Å². The number of aliphatic hydroxyl groups excluding tert-OH is 1. The molecule has 0 spiro atoms. The summed E-state index contributed by atoms with van der Waals surface area (Å²) >= 11 is 0. The van der Waals surface area contributed by atoms with Crippen LogP contribution in [0.15, 0.2) is 60.7 Å². The van der Waals surface area contributed by atoms with E-state index >= 15 is 0 Å². The smallest absolute Gasteiger partial charge is 0.226 e. The maximum Gasteiger partial charge on any atom is 0.226 e. The second kappa shape index (κ2) is 7.60. The number of benzene rings is 2. The molecule has 0 aromatic heterocycles. The number of carbonyl (C=O) groups excluding carboxylic acids is 1. The number of hydrogen-bond donors (Lipinski definition) is 2. The topological polar surface area (TPSA) is 49.3 Å². The first-order valence-electron chi connectivity index (χ1n) is 7.27. The van der Waals surface area contributed by atoms with Crippen molar-refractivity contribution in [2.24, 2.45) is 5.92 Å². The Bertz CT molecular complexity index is 554. The summed E-state index contributed by atoms with van der Waals surface area (Å²) in [6, 6.07) is 19.1. The molecule has 2 N–H and O–H groups in total. The lowest BCUT2D eigenvalue weighted by Crippen LogP contribution is -2.33. The van der Waals surface area contributed by atoms with Gasteiger partial charge in [-0.05, 0) is 17.5 Å². The van der Waals surface area contributed by atoms with E-state index in [-0.39, 0.29) is 5.91 Å².